The first-order valence-corrected chi connectivity index (χ1v) is 7.89. The van der Waals surface area contributed by atoms with Crippen LogP contribution in [0.3, 0.4) is 0 Å². The van der Waals surface area contributed by atoms with Gasteiger partial charge in [-0.15, -0.1) is 0 Å². The van der Waals surface area contributed by atoms with E-state index in [1.165, 1.54) is 5.56 Å². The van der Waals surface area contributed by atoms with Gasteiger partial charge in [0.1, 0.15) is 6.61 Å². The van der Waals surface area contributed by atoms with Gasteiger partial charge in [-0.2, -0.15) is 4.89 Å². The topological polar surface area (TPSA) is 35.5 Å². The summed E-state index contributed by atoms with van der Waals surface area (Å²) in [5, 5.41) is 0. The largest absolute Gasteiger partial charge is 0.373 e. The Morgan fingerprint density at radius 2 is 1.86 bits per heavy atom. The van der Waals surface area contributed by atoms with Crippen molar-refractivity contribution in [3.05, 3.63) is 42.0 Å². The number of benzene rings is 1. The summed E-state index contributed by atoms with van der Waals surface area (Å²) in [5.74, 6) is 0.330. The number of unbranched alkanes of at least 4 members (excludes halogenated alkanes) is 1. The summed E-state index contributed by atoms with van der Waals surface area (Å²) in [4.78, 5) is 21.7. The quantitative estimate of drug-likeness (QED) is 0.459. The van der Waals surface area contributed by atoms with Crippen molar-refractivity contribution in [1.29, 1.82) is 0 Å². The molecule has 1 radical (unpaired) electrons. The van der Waals surface area contributed by atoms with E-state index in [-0.39, 0.29) is 0 Å². The van der Waals surface area contributed by atoms with E-state index < -0.39 is 5.97 Å². The van der Waals surface area contributed by atoms with Crippen LogP contribution in [-0.4, -0.2) is 5.97 Å². The monoisotopic (exact) mass is 291 g/mol. The molecule has 0 saturated carbocycles. The second-order valence-electron chi connectivity index (χ2n) is 5.69. The number of rotatable bonds is 9. The number of carbonyl (C=O) groups is 1. The molecule has 0 amide bonds. The maximum absolute atomic E-state index is 11.8. The van der Waals surface area contributed by atoms with Gasteiger partial charge in [-0.05, 0) is 36.0 Å². The average molecular weight is 291 g/mol. The third kappa shape index (κ3) is 6.30. The van der Waals surface area contributed by atoms with Crippen LogP contribution in [0.2, 0.25) is 0 Å². The van der Waals surface area contributed by atoms with Crippen molar-refractivity contribution in [2.24, 2.45) is 5.92 Å². The predicted octanol–water partition coefficient (Wildman–Crippen LogP) is 5.28. The maximum Gasteiger partial charge on any atom is 0.373 e. The Kier molecular flexibility index (Phi) is 8.06. The van der Waals surface area contributed by atoms with E-state index in [1.807, 2.05) is 12.1 Å². The van der Waals surface area contributed by atoms with Crippen molar-refractivity contribution in [3.63, 3.8) is 0 Å². The van der Waals surface area contributed by atoms with Gasteiger partial charge in [0, 0.05) is 0 Å². The predicted molar refractivity (Wildman–Crippen MR) is 84.6 cm³/mol. The standard InChI is InChI=1S/C18H27O3/c1-5-7-8-15(6-2)13-20-21-18(19)17-11-9-16(10-12-17)14(3)4/h9-15H,5-8H2,1-4H3. The normalized spacial score (nSPS) is 12.4. The van der Waals surface area contributed by atoms with Gasteiger partial charge in [0.2, 0.25) is 0 Å². The zero-order valence-corrected chi connectivity index (χ0v) is 13.6. The van der Waals surface area contributed by atoms with Crippen LogP contribution >= 0.6 is 0 Å². The Hall–Kier alpha value is -1.35. The van der Waals surface area contributed by atoms with Crippen molar-refractivity contribution in [1.82, 2.24) is 0 Å². The molecule has 0 spiro atoms. The lowest BCUT2D eigenvalue weighted by Crippen LogP contribution is -2.09. The minimum Gasteiger partial charge on any atom is -0.292 e. The minimum absolute atomic E-state index is 0.334. The zero-order valence-electron chi connectivity index (χ0n) is 13.6. The summed E-state index contributed by atoms with van der Waals surface area (Å²) in [6.07, 6.45) is 4.36. The molecule has 0 heterocycles. The fraction of sp³-hybridized carbons (Fsp3) is 0.556. The summed E-state index contributed by atoms with van der Waals surface area (Å²) in [5.41, 5.74) is 1.71. The summed E-state index contributed by atoms with van der Waals surface area (Å²) in [7, 11) is 0. The van der Waals surface area contributed by atoms with Gasteiger partial charge in [0.15, 0.2) is 0 Å². The van der Waals surface area contributed by atoms with Gasteiger partial charge < -0.3 is 0 Å². The molecule has 1 aromatic carbocycles. The van der Waals surface area contributed by atoms with Gasteiger partial charge in [-0.1, -0.05) is 59.1 Å². The lowest BCUT2D eigenvalue weighted by Gasteiger charge is -2.12. The Morgan fingerprint density at radius 3 is 2.38 bits per heavy atom. The molecular weight excluding hydrogens is 264 g/mol. The van der Waals surface area contributed by atoms with E-state index in [2.05, 4.69) is 27.7 Å². The minimum atomic E-state index is -0.452. The summed E-state index contributed by atoms with van der Waals surface area (Å²) in [6.45, 7) is 10.1. The molecule has 0 fully saturated rings. The molecule has 0 N–H and O–H groups in total. The molecule has 1 unspecified atom stereocenters. The lowest BCUT2D eigenvalue weighted by molar-refractivity contribution is -0.219. The van der Waals surface area contributed by atoms with Crippen LogP contribution < -0.4 is 0 Å². The highest BCUT2D eigenvalue weighted by molar-refractivity contribution is 5.88. The van der Waals surface area contributed by atoms with Crippen LogP contribution in [0.4, 0.5) is 0 Å². The summed E-state index contributed by atoms with van der Waals surface area (Å²) < 4.78 is 0. The van der Waals surface area contributed by atoms with Gasteiger partial charge in [0.25, 0.3) is 0 Å². The molecule has 3 nitrogen and oxygen atoms in total. The molecule has 0 aliphatic heterocycles. The van der Waals surface area contributed by atoms with Crippen molar-refractivity contribution in [3.8, 4) is 0 Å². The van der Waals surface area contributed by atoms with E-state index in [4.69, 9.17) is 9.78 Å². The average Bonchev–Trinajstić information content (AvgIpc) is 2.50. The highest BCUT2D eigenvalue weighted by atomic mass is 17.2. The second-order valence-corrected chi connectivity index (χ2v) is 5.69. The van der Waals surface area contributed by atoms with Gasteiger partial charge in [0.05, 0.1) is 5.56 Å². The number of hydrogen-bond acceptors (Lipinski definition) is 3. The van der Waals surface area contributed by atoms with Gasteiger partial charge in [-0.3, -0.25) is 4.89 Å². The molecule has 0 bridgehead atoms. The van der Waals surface area contributed by atoms with Crippen molar-refractivity contribution < 1.29 is 14.6 Å². The third-order valence-electron chi connectivity index (χ3n) is 3.64. The van der Waals surface area contributed by atoms with Crippen LogP contribution in [0.1, 0.15) is 75.2 Å². The van der Waals surface area contributed by atoms with E-state index in [0.717, 1.165) is 25.7 Å². The molecule has 1 rings (SSSR count). The number of hydrogen-bond donors (Lipinski definition) is 0. The number of carbonyl (C=O) groups excluding carboxylic acids is 1. The van der Waals surface area contributed by atoms with Crippen molar-refractivity contribution in [2.75, 3.05) is 0 Å². The second kappa shape index (κ2) is 9.56. The molecule has 0 aliphatic rings. The van der Waals surface area contributed by atoms with Gasteiger partial charge >= 0.3 is 5.97 Å². The van der Waals surface area contributed by atoms with Crippen LogP contribution in [0.25, 0.3) is 0 Å². The Bertz CT molecular complexity index is 409. The Labute approximate surface area is 128 Å². The van der Waals surface area contributed by atoms with Crippen LogP contribution in [0, 0.1) is 12.5 Å². The molecule has 21 heavy (non-hydrogen) atoms. The fourth-order valence-electron chi connectivity index (χ4n) is 2.04. The van der Waals surface area contributed by atoms with Crippen LogP contribution in [0.15, 0.2) is 24.3 Å². The Balaban J connectivity index is 2.39. The zero-order chi connectivity index (χ0) is 15.7. The van der Waals surface area contributed by atoms with E-state index in [0.29, 0.717) is 17.4 Å². The first kappa shape index (κ1) is 17.7. The third-order valence-corrected chi connectivity index (χ3v) is 3.64. The van der Waals surface area contributed by atoms with Crippen LogP contribution in [-0.2, 0) is 9.78 Å². The summed E-state index contributed by atoms with van der Waals surface area (Å²) >= 11 is 0. The first-order chi connectivity index (χ1) is 10.1. The first-order valence-electron chi connectivity index (χ1n) is 7.89. The highest BCUT2D eigenvalue weighted by Crippen LogP contribution is 2.18. The summed E-state index contributed by atoms with van der Waals surface area (Å²) in [6, 6.07) is 7.44. The molecule has 1 atom stereocenters. The highest BCUT2D eigenvalue weighted by Gasteiger charge is 2.12. The van der Waals surface area contributed by atoms with Crippen molar-refractivity contribution >= 4 is 5.97 Å². The molecule has 0 aliphatic carbocycles. The van der Waals surface area contributed by atoms with Crippen molar-refractivity contribution in [2.45, 2.75) is 59.3 Å². The molecule has 1 aromatic rings. The molecule has 117 valence electrons. The Morgan fingerprint density at radius 1 is 1.19 bits per heavy atom. The molecule has 0 saturated heterocycles. The van der Waals surface area contributed by atoms with E-state index >= 15 is 0 Å². The van der Waals surface area contributed by atoms with Gasteiger partial charge in [-0.25, -0.2) is 4.79 Å². The molecular formula is C18H27O3. The smallest absolute Gasteiger partial charge is 0.292 e. The van der Waals surface area contributed by atoms with E-state index in [1.54, 1.807) is 18.7 Å². The lowest BCUT2D eigenvalue weighted by atomic mass is 10.0. The SMILES string of the molecule is CCCCC([CH]OOC(=O)c1ccc(C(C)C)cc1)CC. The molecule has 3 heteroatoms. The maximum atomic E-state index is 11.8. The van der Waals surface area contributed by atoms with E-state index in [9.17, 15) is 4.79 Å². The molecule has 0 aromatic heterocycles. The fourth-order valence-corrected chi connectivity index (χ4v) is 2.04. The van der Waals surface area contributed by atoms with Crippen LogP contribution in [0.5, 0.6) is 0 Å².